The van der Waals surface area contributed by atoms with Crippen LogP contribution in [0.25, 0.3) is 86.5 Å². The van der Waals surface area contributed by atoms with E-state index < -0.39 is 11.6 Å². The Kier molecular flexibility index (Phi) is 12.2. The normalized spacial score (nSPS) is 11.0. The minimum atomic E-state index is -0.407. The van der Waals surface area contributed by atoms with Crippen molar-refractivity contribution in [2.75, 3.05) is 9.80 Å². The van der Waals surface area contributed by atoms with E-state index in [1.165, 1.54) is 0 Å². The first kappa shape index (κ1) is 48.1. The molecule has 0 N–H and O–H groups in total. The van der Waals surface area contributed by atoms with Gasteiger partial charge < -0.3 is 9.80 Å². The Balaban J connectivity index is 1.11. The van der Waals surface area contributed by atoms with Crippen molar-refractivity contribution in [2.24, 2.45) is 0 Å². The van der Waals surface area contributed by atoms with Crippen molar-refractivity contribution in [1.82, 2.24) is 0 Å². The van der Waals surface area contributed by atoms with E-state index in [0.29, 0.717) is 45.3 Å². The second-order valence-electron chi connectivity index (χ2n) is 19.4. The molecule has 0 bridgehead atoms. The molecule has 0 spiro atoms. The minimum Gasteiger partial charge on any atom is -0.307 e. The highest BCUT2D eigenvalue weighted by Gasteiger charge is 2.26. The predicted molar refractivity (Wildman–Crippen MR) is 313 cm³/mol. The zero-order valence-electron chi connectivity index (χ0n) is 42.2. The summed E-state index contributed by atoms with van der Waals surface area (Å²) in [4.78, 5) is 11.2. The van der Waals surface area contributed by atoms with Gasteiger partial charge in [-0.3, -0.25) is 0 Å². The number of nitriles is 2. The van der Waals surface area contributed by atoms with E-state index >= 15 is 8.78 Å². The van der Waals surface area contributed by atoms with Crippen LogP contribution in [0.2, 0.25) is 0 Å². The summed E-state index contributed by atoms with van der Waals surface area (Å²) >= 11 is 0. The number of hydrogen-bond donors (Lipinski definition) is 0. The lowest BCUT2D eigenvalue weighted by atomic mass is 9.91. The molecular weight excluding hydrogens is 963 g/mol. The summed E-state index contributed by atoms with van der Waals surface area (Å²) in [5.74, 6) is -0.814. The largest absolute Gasteiger partial charge is 0.307 e. The molecule has 6 nitrogen and oxygen atoms in total. The molecule has 8 heteroatoms. The van der Waals surface area contributed by atoms with Crippen molar-refractivity contribution < 1.29 is 8.78 Å². The second-order valence-corrected chi connectivity index (χ2v) is 19.4. The summed E-state index contributed by atoms with van der Waals surface area (Å²) in [5, 5.41) is 24.9. The highest BCUT2D eigenvalue weighted by Crippen LogP contribution is 2.50. The van der Waals surface area contributed by atoms with Crippen molar-refractivity contribution in [3.63, 3.8) is 0 Å². The lowest BCUT2D eigenvalue weighted by Crippen LogP contribution is -2.13. The van der Waals surface area contributed by atoms with Crippen molar-refractivity contribution in [2.45, 2.75) is 13.8 Å². The summed E-state index contributed by atoms with van der Waals surface area (Å²) in [6.45, 7) is 19.0. The molecule has 366 valence electrons. The van der Waals surface area contributed by atoms with Crippen molar-refractivity contribution in [1.29, 1.82) is 10.5 Å². The molecule has 12 rings (SSSR count). The van der Waals surface area contributed by atoms with Gasteiger partial charge in [-0.2, -0.15) is 10.5 Å². The van der Waals surface area contributed by atoms with Crippen LogP contribution in [-0.4, -0.2) is 0 Å². The highest BCUT2D eigenvalue weighted by atomic mass is 19.1. The Morgan fingerprint density at radius 1 is 0.359 bits per heavy atom. The molecule has 12 aromatic carbocycles. The summed E-state index contributed by atoms with van der Waals surface area (Å²) in [6, 6.07) is 73.5. The lowest BCUT2D eigenvalue weighted by Gasteiger charge is -2.30. The Bertz CT molecular complexity index is 4080. The maximum absolute atomic E-state index is 17.0. The zero-order chi connectivity index (χ0) is 53.6. The van der Waals surface area contributed by atoms with Gasteiger partial charge in [-0.15, -0.1) is 0 Å². The lowest BCUT2D eigenvalue weighted by molar-refractivity contribution is 0.627. The number of aryl methyl sites for hydroxylation is 2. The molecule has 0 atom stereocenters. The first-order valence-corrected chi connectivity index (χ1v) is 25.2. The molecule has 0 radical (unpaired) electrons. The molecule has 0 aliphatic heterocycles. The number of anilines is 6. The summed E-state index contributed by atoms with van der Waals surface area (Å²) in [6.07, 6.45) is 0. The van der Waals surface area contributed by atoms with Crippen LogP contribution >= 0.6 is 0 Å². The van der Waals surface area contributed by atoms with Crippen LogP contribution < -0.4 is 9.80 Å². The van der Waals surface area contributed by atoms with Gasteiger partial charge in [0.2, 0.25) is 0 Å². The summed E-state index contributed by atoms with van der Waals surface area (Å²) in [7, 11) is 0. The van der Waals surface area contributed by atoms with Gasteiger partial charge in [-0.05, 0) is 188 Å². The molecule has 0 aromatic heterocycles. The smallest absolute Gasteiger partial charge is 0.187 e. The quantitative estimate of drug-likeness (QED) is 0.101. The predicted octanol–water partition coefficient (Wildman–Crippen LogP) is 19.9. The van der Waals surface area contributed by atoms with Gasteiger partial charge in [-0.1, -0.05) is 121 Å². The average Bonchev–Trinajstić information content (AvgIpc) is 3.46. The zero-order valence-corrected chi connectivity index (χ0v) is 42.2. The van der Waals surface area contributed by atoms with Gasteiger partial charge in [0, 0.05) is 22.1 Å². The Hall–Kier alpha value is -10.9. The highest BCUT2D eigenvalue weighted by molar-refractivity contribution is 6.28. The van der Waals surface area contributed by atoms with Gasteiger partial charge in [0.05, 0.1) is 59.2 Å². The topological polar surface area (TPSA) is 62.8 Å². The molecule has 0 saturated heterocycles. The third-order valence-corrected chi connectivity index (χ3v) is 14.5. The average molecular weight is 1010 g/mol. The van der Waals surface area contributed by atoms with E-state index in [1.54, 1.807) is 60.7 Å². The molecule has 0 saturated carbocycles. The van der Waals surface area contributed by atoms with Crippen molar-refractivity contribution >= 4 is 77.8 Å². The fourth-order valence-electron chi connectivity index (χ4n) is 10.6. The van der Waals surface area contributed by atoms with Crippen LogP contribution in [0.4, 0.5) is 54.3 Å². The van der Waals surface area contributed by atoms with E-state index in [9.17, 15) is 10.5 Å². The Labute approximate surface area is 450 Å². The first-order valence-electron chi connectivity index (χ1n) is 25.2. The van der Waals surface area contributed by atoms with Gasteiger partial charge >= 0.3 is 0 Å². The van der Waals surface area contributed by atoms with E-state index in [0.717, 1.165) is 99.3 Å². The van der Waals surface area contributed by atoms with E-state index in [1.807, 2.05) is 133 Å². The van der Waals surface area contributed by atoms with Crippen LogP contribution in [0.3, 0.4) is 0 Å². The molecule has 0 aliphatic carbocycles. The second kappa shape index (κ2) is 19.7. The van der Waals surface area contributed by atoms with Crippen molar-refractivity contribution in [3.05, 3.63) is 275 Å². The third-order valence-electron chi connectivity index (χ3n) is 14.5. The van der Waals surface area contributed by atoms with Crippen LogP contribution in [0, 0.1) is 61.3 Å². The van der Waals surface area contributed by atoms with E-state index in [2.05, 4.69) is 70.4 Å². The number of rotatable bonds is 10. The van der Waals surface area contributed by atoms with Gasteiger partial charge in [0.1, 0.15) is 11.6 Å². The number of halogens is 2. The molecule has 78 heavy (non-hydrogen) atoms. The van der Waals surface area contributed by atoms with E-state index in [4.69, 9.17) is 13.1 Å². The number of benzene rings is 12. The first-order chi connectivity index (χ1) is 38.1. The fraction of sp³-hybridized carbons (Fsp3) is 0.0286. The minimum absolute atomic E-state index is 0.338. The molecule has 0 unspecified atom stereocenters. The van der Waals surface area contributed by atoms with Crippen LogP contribution in [0.5, 0.6) is 0 Å². The van der Waals surface area contributed by atoms with Gasteiger partial charge in [0.15, 0.2) is 11.4 Å². The SMILES string of the molecule is [C-]#[N+]c1ccc(-c2cc(-c3ccc(C#N)cc3)cc(N(c3ccc(C)cc3F)c3ccc4ccc5c(N(c6cc(-c7ccc(C#N)cc7)cc(-c7ccc([N+]#[C-])cc7)c6)c6ccc(C)cc6F)ccc6ccc3c4c65)c2)cc1. The molecule has 0 amide bonds. The fourth-order valence-corrected chi connectivity index (χ4v) is 10.6. The Morgan fingerprint density at radius 2 is 0.679 bits per heavy atom. The molecule has 0 heterocycles. The molecule has 12 aromatic rings. The van der Waals surface area contributed by atoms with Crippen molar-refractivity contribution in [3.8, 4) is 56.6 Å². The maximum atomic E-state index is 17.0. The maximum Gasteiger partial charge on any atom is 0.187 e. The third kappa shape index (κ3) is 8.72. The standard InChI is InChI=1S/C70H42F2N6/c1-43-5-29-67(63(71)33-43)77(59-37-53(47-11-7-45(41-73)8-12-47)35-55(39-59)49-15-23-57(75-3)24-16-49)65-31-21-51-20-28-62-66(32-22-52-19-27-61(65)69(51)70(52)62)78(68-30-6-44(2)34-64(68)72)60-38-54(48-13-9-46(42-74)10-14-48)36-56(40-60)50-17-25-58(76-4)26-18-50/h5-40H,1-2H3. The Morgan fingerprint density at radius 3 is 1.00 bits per heavy atom. The molecule has 0 aliphatic rings. The molecular formula is C70H42F2N6. The van der Waals surface area contributed by atoms with Crippen LogP contribution in [0.1, 0.15) is 22.3 Å². The van der Waals surface area contributed by atoms with E-state index in [-0.39, 0.29) is 0 Å². The van der Waals surface area contributed by atoms with Gasteiger partial charge in [0.25, 0.3) is 0 Å². The van der Waals surface area contributed by atoms with Crippen LogP contribution in [-0.2, 0) is 0 Å². The summed E-state index contributed by atoms with van der Waals surface area (Å²) in [5.41, 5.74) is 14.0. The van der Waals surface area contributed by atoms with Crippen LogP contribution in [0.15, 0.2) is 218 Å². The molecule has 0 fully saturated rings. The summed E-state index contributed by atoms with van der Waals surface area (Å²) < 4.78 is 34.0. The number of nitrogens with zero attached hydrogens (tertiary/aromatic N) is 6. The van der Waals surface area contributed by atoms with Gasteiger partial charge in [-0.25, -0.2) is 18.5 Å². The number of hydrogen-bond acceptors (Lipinski definition) is 4. The monoisotopic (exact) mass is 1000 g/mol.